The van der Waals surface area contributed by atoms with Crippen molar-refractivity contribution in [3.8, 4) is 0 Å². The van der Waals surface area contributed by atoms with Crippen LogP contribution < -0.4 is 10.9 Å². The maximum atomic E-state index is 12.7. The van der Waals surface area contributed by atoms with Gasteiger partial charge in [0.15, 0.2) is 0 Å². The third-order valence-corrected chi connectivity index (χ3v) is 4.78. The number of benzene rings is 2. The van der Waals surface area contributed by atoms with E-state index < -0.39 is 0 Å². The Bertz CT molecular complexity index is 1020. The van der Waals surface area contributed by atoms with Crippen LogP contribution >= 0.6 is 23.2 Å². The molecule has 0 aliphatic rings. The normalized spacial score (nSPS) is 12.1. The molecule has 7 heteroatoms. The number of amides is 1. The van der Waals surface area contributed by atoms with E-state index in [1.54, 1.807) is 0 Å². The molecule has 27 heavy (non-hydrogen) atoms. The quantitative estimate of drug-likeness (QED) is 0.664. The van der Waals surface area contributed by atoms with Crippen molar-refractivity contribution in [3.05, 3.63) is 74.8 Å². The largest absolute Gasteiger partial charge is 0.348 e. The number of nitrogens with zero attached hydrogens (tertiary/aromatic N) is 2. The van der Waals surface area contributed by atoms with Crippen LogP contribution in [0.2, 0.25) is 10.0 Å². The van der Waals surface area contributed by atoms with Crippen LogP contribution in [0.25, 0.3) is 10.9 Å². The first kappa shape index (κ1) is 19.4. The summed E-state index contributed by atoms with van der Waals surface area (Å²) in [5.41, 5.74) is 1.05. The second kappa shape index (κ2) is 8.55. The molecule has 2 aromatic carbocycles. The monoisotopic (exact) mass is 403 g/mol. The number of nitrogens with one attached hydrogen (secondary N) is 1. The lowest BCUT2D eigenvalue weighted by atomic mass is 10.0. The Morgan fingerprint density at radius 3 is 2.67 bits per heavy atom. The first-order chi connectivity index (χ1) is 13.0. The molecule has 140 valence electrons. The van der Waals surface area contributed by atoms with E-state index in [9.17, 15) is 9.59 Å². The summed E-state index contributed by atoms with van der Waals surface area (Å²) < 4.78 is 1.26. The SMILES string of the molecule is CCC[C@H](NC(=O)Cn1cnc2c(Cl)cc(Cl)cc2c1=O)c1ccccc1. The molecule has 3 rings (SSSR count). The van der Waals surface area contributed by atoms with Crippen LogP contribution in [0, 0.1) is 0 Å². The molecule has 0 saturated heterocycles. The highest BCUT2D eigenvalue weighted by molar-refractivity contribution is 6.38. The lowest BCUT2D eigenvalue weighted by Gasteiger charge is -2.19. The summed E-state index contributed by atoms with van der Waals surface area (Å²) in [6.45, 7) is 1.94. The second-order valence-corrected chi connectivity index (χ2v) is 7.12. The van der Waals surface area contributed by atoms with Crippen molar-refractivity contribution in [1.82, 2.24) is 14.9 Å². The number of aromatic nitrogens is 2. The van der Waals surface area contributed by atoms with Crippen molar-refractivity contribution in [2.45, 2.75) is 32.4 Å². The van der Waals surface area contributed by atoms with E-state index in [1.807, 2.05) is 30.3 Å². The summed E-state index contributed by atoms with van der Waals surface area (Å²) in [4.78, 5) is 29.4. The van der Waals surface area contributed by atoms with Gasteiger partial charge in [0.05, 0.1) is 28.3 Å². The lowest BCUT2D eigenvalue weighted by molar-refractivity contribution is -0.122. The summed E-state index contributed by atoms with van der Waals surface area (Å²) in [6.07, 6.45) is 3.07. The van der Waals surface area contributed by atoms with Crippen LogP contribution in [0.5, 0.6) is 0 Å². The number of carbonyl (C=O) groups is 1. The van der Waals surface area contributed by atoms with E-state index in [1.165, 1.54) is 23.0 Å². The summed E-state index contributed by atoms with van der Waals surface area (Å²) in [5.74, 6) is -0.256. The molecule has 0 saturated carbocycles. The Morgan fingerprint density at radius 1 is 1.22 bits per heavy atom. The van der Waals surface area contributed by atoms with Gasteiger partial charge in [0.25, 0.3) is 5.56 Å². The molecule has 1 N–H and O–H groups in total. The second-order valence-electron chi connectivity index (χ2n) is 6.28. The zero-order valence-electron chi connectivity index (χ0n) is 14.8. The molecule has 1 aromatic heterocycles. The van der Waals surface area contributed by atoms with Crippen molar-refractivity contribution >= 4 is 40.0 Å². The Morgan fingerprint density at radius 2 is 1.96 bits per heavy atom. The first-order valence-electron chi connectivity index (χ1n) is 8.68. The van der Waals surface area contributed by atoms with Gasteiger partial charge in [-0.1, -0.05) is 66.9 Å². The third kappa shape index (κ3) is 4.49. The Kier molecular flexibility index (Phi) is 6.14. The van der Waals surface area contributed by atoms with Gasteiger partial charge >= 0.3 is 0 Å². The predicted octanol–water partition coefficient (Wildman–Crippen LogP) is 4.36. The van der Waals surface area contributed by atoms with Gasteiger partial charge in [-0.25, -0.2) is 4.98 Å². The number of hydrogen-bond donors (Lipinski definition) is 1. The molecule has 1 atom stereocenters. The van der Waals surface area contributed by atoms with Crippen molar-refractivity contribution in [3.63, 3.8) is 0 Å². The van der Waals surface area contributed by atoms with Gasteiger partial charge in [-0.15, -0.1) is 0 Å². The standard InChI is InChI=1S/C20H19Cl2N3O2/c1-2-6-17(13-7-4-3-5-8-13)24-18(26)11-25-12-23-19-15(20(25)27)9-14(21)10-16(19)22/h3-5,7-10,12,17H,2,6,11H2,1H3,(H,24,26)/t17-/m0/s1. The maximum absolute atomic E-state index is 12.7. The molecule has 1 amide bonds. The van der Waals surface area contributed by atoms with E-state index >= 15 is 0 Å². The number of fused-ring (bicyclic) bond motifs is 1. The molecule has 0 fully saturated rings. The molecule has 0 spiro atoms. The van der Waals surface area contributed by atoms with Gasteiger partial charge in [-0.2, -0.15) is 0 Å². The number of halogens is 2. The topological polar surface area (TPSA) is 64.0 Å². The van der Waals surface area contributed by atoms with Gasteiger partial charge in [-0.3, -0.25) is 14.2 Å². The fourth-order valence-electron chi connectivity index (χ4n) is 3.00. The van der Waals surface area contributed by atoms with E-state index in [0.717, 1.165) is 18.4 Å². The predicted molar refractivity (Wildman–Crippen MR) is 108 cm³/mol. The lowest BCUT2D eigenvalue weighted by Crippen LogP contribution is -2.34. The maximum Gasteiger partial charge on any atom is 0.261 e. The van der Waals surface area contributed by atoms with Gasteiger partial charge < -0.3 is 5.32 Å². The third-order valence-electron chi connectivity index (χ3n) is 4.27. The minimum atomic E-state index is -0.355. The average molecular weight is 404 g/mol. The zero-order chi connectivity index (χ0) is 19.4. The van der Waals surface area contributed by atoms with E-state index in [0.29, 0.717) is 15.6 Å². The van der Waals surface area contributed by atoms with Gasteiger partial charge in [0, 0.05) is 5.02 Å². The van der Waals surface area contributed by atoms with Crippen LogP contribution in [0.1, 0.15) is 31.4 Å². The Labute approximate surface area is 166 Å². The van der Waals surface area contributed by atoms with Crippen LogP contribution in [0.15, 0.2) is 53.6 Å². The molecule has 0 bridgehead atoms. The smallest absolute Gasteiger partial charge is 0.261 e. The highest BCUT2D eigenvalue weighted by Gasteiger charge is 2.15. The van der Waals surface area contributed by atoms with E-state index in [-0.39, 0.29) is 29.4 Å². The van der Waals surface area contributed by atoms with Crippen molar-refractivity contribution in [2.24, 2.45) is 0 Å². The molecule has 0 aliphatic heterocycles. The highest BCUT2D eigenvalue weighted by Crippen LogP contribution is 2.24. The van der Waals surface area contributed by atoms with Gasteiger partial charge in [0.2, 0.25) is 5.91 Å². The molecular weight excluding hydrogens is 385 g/mol. The van der Waals surface area contributed by atoms with Crippen molar-refractivity contribution in [1.29, 1.82) is 0 Å². The van der Waals surface area contributed by atoms with Crippen LogP contribution in [0.3, 0.4) is 0 Å². The Balaban J connectivity index is 1.83. The Hall–Kier alpha value is -2.37. The minimum Gasteiger partial charge on any atom is -0.348 e. The molecule has 0 aliphatic carbocycles. The fraction of sp³-hybridized carbons (Fsp3) is 0.250. The molecule has 1 heterocycles. The fourth-order valence-corrected chi connectivity index (χ4v) is 3.54. The van der Waals surface area contributed by atoms with Crippen LogP contribution in [-0.2, 0) is 11.3 Å². The molecule has 0 radical (unpaired) electrons. The first-order valence-corrected chi connectivity index (χ1v) is 9.43. The van der Waals surface area contributed by atoms with E-state index in [2.05, 4.69) is 17.2 Å². The summed E-state index contributed by atoms with van der Waals surface area (Å²) in [6, 6.07) is 12.7. The van der Waals surface area contributed by atoms with Gasteiger partial charge in [0.1, 0.15) is 6.54 Å². The van der Waals surface area contributed by atoms with Crippen molar-refractivity contribution in [2.75, 3.05) is 0 Å². The van der Waals surface area contributed by atoms with Crippen LogP contribution in [-0.4, -0.2) is 15.5 Å². The number of rotatable bonds is 6. The average Bonchev–Trinajstić information content (AvgIpc) is 2.65. The molecule has 5 nitrogen and oxygen atoms in total. The van der Waals surface area contributed by atoms with Crippen molar-refractivity contribution < 1.29 is 4.79 Å². The molecular formula is C20H19Cl2N3O2. The number of carbonyl (C=O) groups excluding carboxylic acids is 1. The van der Waals surface area contributed by atoms with Gasteiger partial charge in [-0.05, 0) is 24.1 Å². The molecule has 3 aromatic rings. The number of hydrogen-bond acceptors (Lipinski definition) is 3. The van der Waals surface area contributed by atoms with Crippen LogP contribution in [0.4, 0.5) is 0 Å². The van der Waals surface area contributed by atoms with E-state index in [4.69, 9.17) is 23.2 Å². The summed E-state index contributed by atoms with van der Waals surface area (Å²) >= 11 is 12.1. The summed E-state index contributed by atoms with van der Waals surface area (Å²) in [7, 11) is 0. The summed E-state index contributed by atoms with van der Waals surface area (Å²) in [5, 5.41) is 3.94. The zero-order valence-corrected chi connectivity index (χ0v) is 16.3. The minimum absolute atomic E-state index is 0.100. The highest BCUT2D eigenvalue weighted by atomic mass is 35.5. The molecule has 0 unspecified atom stereocenters.